The van der Waals surface area contributed by atoms with Crippen molar-refractivity contribution in [3.05, 3.63) is 6.92 Å². The SMILES string of the molecule is [CH2]C(C)C[NH]. The van der Waals surface area contributed by atoms with Crippen LogP contribution in [0.25, 0.3) is 0 Å². The van der Waals surface area contributed by atoms with Gasteiger partial charge in [0.1, 0.15) is 0 Å². The summed E-state index contributed by atoms with van der Waals surface area (Å²) >= 11 is 0. The molecule has 1 heteroatoms. The zero-order chi connectivity index (χ0) is 4.28. The molecule has 5 heavy (non-hydrogen) atoms. The Hall–Kier alpha value is -0.0400. The Bertz CT molecular complexity index is 17.6. The Morgan fingerprint density at radius 1 is 2.00 bits per heavy atom. The van der Waals surface area contributed by atoms with Crippen molar-refractivity contribution in [3.8, 4) is 0 Å². The highest BCUT2D eigenvalue weighted by Crippen LogP contribution is 1.81. The fraction of sp³-hybridized carbons (Fsp3) is 0.750. The third-order valence-corrected chi connectivity index (χ3v) is 0.348. The maximum Gasteiger partial charge on any atom is 0.0125 e. The second-order valence-electron chi connectivity index (χ2n) is 1.31. The highest BCUT2D eigenvalue weighted by molar-refractivity contribution is 4.50. The first-order valence-corrected chi connectivity index (χ1v) is 1.75. The Morgan fingerprint density at radius 2 is 2.20 bits per heavy atom. The van der Waals surface area contributed by atoms with Gasteiger partial charge in [-0.25, -0.2) is 0 Å². The van der Waals surface area contributed by atoms with Crippen LogP contribution in [0.4, 0.5) is 0 Å². The Labute approximate surface area is 33.2 Å². The van der Waals surface area contributed by atoms with Crippen molar-refractivity contribution < 1.29 is 0 Å². The third kappa shape index (κ3) is 3.96. The molecule has 1 atom stereocenters. The van der Waals surface area contributed by atoms with Crippen molar-refractivity contribution >= 4 is 0 Å². The van der Waals surface area contributed by atoms with Crippen molar-refractivity contribution in [1.29, 1.82) is 0 Å². The lowest BCUT2D eigenvalue weighted by atomic mass is 10.2. The smallest absolute Gasteiger partial charge is 0.0125 e. The molecule has 0 aromatic carbocycles. The molecule has 0 fully saturated rings. The molecule has 0 rings (SSSR count). The topological polar surface area (TPSA) is 23.8 Å². The van der Waals surface area contributed by atoms with Crippen molar-refractivity contribution in [2.24, 2.45) is 5.92 Å². The summed E-state index contributed by atoms with van der Waals surface area (Å²) in [5, 5.41) is 0. The Balaban J connectivity index is 2.54. The maximum atomic E-state index is 6.59. The van der Waals surface area contributed by atoms with E-state index < -0.39 is 0 Å². The first-order valence-electron chi connectivity index (χ1n) is 1.75. The van der Waals surface area contributed by atoms with E-state index in [2.05, 4.69) is 6.92 Å². The van der Waals surface area contributed by atoms with Crippen molar-refractivity contribution in [3.63, 3.8) is 0 Å². The predicted octanol–water partition coefficient (Wildman–Crippen LogP) is 0.739. The van der Waals surface area contributed by atoms with Crippen molar-refractivity contribution in [1.82, 2.24) is 5.73 Å². The molecule has 2 radical (unpaired) electrons. The normalized spacial score (nSPS) is 9.60. The van der Waals surface area contributed by atoms with Gasteiger partial charge in [-0.1, -0.05) is 6.92 Å². The lowest BCUT2D eigenvalue weighted by Gasteiger charge is -1.89. The maximum absolute atomic E-state index is 6.59. The Morgan fingerprint density at radius 3 is 2.20 bits per heavy atom. The fourth-order valence-electron chi connectivity index (χ4n) is 0. The van der Waals surface area contributed by atoms with Crippen LogP contribution in [0, 0.1) is 12.8 Å². The highest BCUT2D eigenvalue weighted by Gasteiger charge is 1.81. The molecule has 1 N–H and O–H groups in total. The zero-order valence-corrected chi connectivity index (χ0v) is 3.49. The zero-order valence-electron chi connectivity index (χ0n) is 3.49. The van der Waals surface area contributed by atoms with Gasteiger partial charge in [0, 0.05) is 6.54 Å². The van der Waals surface area contributed by atoms with Gasteiger partial charge in [0.2, 0.25) is 0 Å². The molecule has 0 aliphatic rings. The average Bonchev–Trinajstić information content (AvgIpc) is 1.38. The van der Waals surface area contributed by atoms with E-state index in [9.17, 15) is 0 Å². The van der Waals surface area contributed by atoms with Gasteiger partial charge in [-0.3, -0.25) is 5.73 Å². The molecule has 0 aromatic heterocycles. The summed E-state index contributed by atoms with van der Waals surface area (Å²) in [6.07, 6.45) is 0. The minimum atomic E-state index is 0.301. The predicted molar refractivity (Wildman–Crippen MR) is 22.5 cm³/mol. The van der Waals surface area contributed by atoms with E-state index >= 15 is 0 Å². The quantitative estimate of drug-likeness (QED) is 0.435. The minimum absolute atomic E-state index is 0.301. The molecular weight excluding hydrogens is 62.1 g/mol. The van der Waals surface area contributed by atoms with E-state index in [0.29, 0.717) is 12.5 Å². The van der Waals surface area contributed by atoms with E-state index in [-0.39, 0.29) is 0 Å². The van der Waals surface area contributed by atoms with Gasteiger partial charge < -0.3 is 0 Å². The largest absolute Gasteiger partial charge is 0.258 e. The van der Waals surface area contributed by atoms with Gasteiger partial charge in [0.15, 0.2) is 0 Å². The van der Waals surface area contributed by atoms with Crippen LogP contribution in [0.5, 0.6) is 0 Å². The molecule has 0 spiro atoms. The lowest BCUT2D eigenvalue weighted by molar-refractivity contribution is 0.721. The number of nitrogens with one attached hydrogen (secondary N) is 1. The van der Waals surface area contributed by atoms with Gasteiger partial charge in [-0.05, 0) is 12.8 Å². The van der Waals surface area contributed by atoms with Crippen LogP contribution in [-0.2, 0) is 0 Å². The molecule has 1 unspecified atom stereocenters. The summed E-state index contributed by atoms with van der Waals surface area (Å²) in [6.45, 7) is 5.94. The minimum Gasteiger partial charge on any atom is -0.258 e. The van der Waals surface area contributed by atoms with E-state index in [1.807, 2.05) is 6.92 Å². The first kappa shape index (κ1) is 4.96. The second kappa shape index (κ2) is 2.21. The summed E-state index contributed by atoms with van der Waals surface area (Å²) in [6, 6.07) is 0. The second-order valence-corrected chi connectivity index (χ2v) is 1.31. The standard InChI is InChI=1S/C4H9N/c1-4(2)3-5/h4-5H,1,3H2,2H3. The average molecular weight is 71.1 g/mol. The lowest BCUT2D eigenvalue weighted by Crippen LogP contribution is -1.93. The summed E-state index contributed by atoms with van der Waals surface area (Å²) < 4.78 is 0. The van der Waals surface area contributed by atoms with Gasteiger partial charge in [-0.2, -0.15) is 0 Å². The van der Waals surface area contributed by atoms with Crippen LogP contribution >= 0.6 is 0 Å². The summed E-state index contributed by atoms with van der Waals surface area (Å²) in [7, 11) is 0. The molecule has 0 aliphatic heterocycles. The van der Waals surface area contributed by atoms with Crippen molar-refractivity contribution in [2.45, 2.75) is 6.92 Å². The molecule has 0 saturated carbocycles. The monoisotopic (exact) mass is 71.1 g/mol. The number of rotatable bonds is 1. The van der Waals surface area contributed by atoms with Crippen molar-refractivity contribution in [2.75, 3.05) is 6.54 Å². The molecule has 30 valence electrons. The molecule has 0 saturated heterocycles. The van der Waals surface area contributed by atoms with Gasteiger partial charge >= 0.3 is 0 Å². The summed E-state index contributed by atoms with van der Waals surface area (Å²) in [5.41, 5.74) is 6.59. The van der Waals surface area contributed by atoms with E-state index in [0.717, 1.165) is 0 Å². The van der Waals surface area contributed by atoms with Crippen LogP contribution < -0.4 is 5.73 Å². The molecule has 0 bridgehead atoms. The van der Waals surface area contributed by atoms with Gasteiger partial charge in [0.25, 0.3) is 0 Å². The first-order chi connectivity index (χ1) is 2.27. The van der Waals surface area contributed by atoms with Crippen LogP contribution in [0.1, 0.15) is 6.92 Å². The molecule has 0 aromatic rings. The summed E-state index contributed by atoms with van der Waals surface area (Å²) in [4.78, 5) is 0. The van der Waals surface area contributed by atoms with Gasteiger partial charge in [-0.15, -0.1) is 0 Å². The van der Waals surface area contributed by atoms with Crippen LogP contribution in [0.2, 0.25) is 0 Å². The van der Waals surface area contributed by atoms with E-state index in [1.54, 1.807) is 0 Å². The Kier molecular flexibility index (Phi) is 2.19. The molecule has 1 nitrogen and oxygen atoms in total. The number of hydrogen-bond donors (Lipinski definition) is 0. The van der Waals surface area contributed by atoms with Crippen LogP contribution in [-0.4, -0.2) is 6.54 Å². The van der Waals surface area contributed by atoms with Gasteiger partial charge in [0.05, 0.1) is 0 Å². The molecular formula is C4H9N. The van der Waals surface area contributed by atoms with Crippen LogP contribution in [0.3, 0.4) is 0 Å². The molecule has 0 aliphatic carbocycles. The molecule has 0 heterocycles. The fourth-order valence-corrected chi connectivity index (χ4v) is 0. The number of hydrogen-bond acceptors (Lipinski definition) is 0. The van der Waals surface area contributed by atoms with E-state index in [4.69, 9.17) is 5.73 Å². The van der Waals surface area contributed by atoms with Crippen LogP contribution in [0.15, 0.2) is 0 Å². The third-order valence-electron chi connectivity index (χ3n) is 0.348. The summed E-state index contributed by atoms with van der Waals surface area (Å²) in [5.74, 6) is 0.301. The highest BCUT2D eigenvalue weighted by atomic mass is 14.5. The van der Waals surface area contributed by atoms with E-state index in [1.165, 1.54) is 0 Å². The molecule has 0 amide bonds.